The van der Waals surface area contributed by atoms with Gasteiger partial charge in [0, 0.05) is 9.37 Å². The summed E-state index contributed by atoms with van der Waals surface area (Å²) in [5.74, 6) is 0.461. The molecule has 122 valence electrons. The maximum Gasteiger partial charge on any atom is 0.230 e. The SMILES string of the molecule is CC(NC(=O)CSc1ccc2ccccc2c1)c1ccc(Br)cc1. The van der Waals surface area contributed by atoms with Crippen LogP contribution in [0.25, 0.3) is 10.8 Å². The summed E-state index contributed by atoms with van der Waals surface area (Å²) >= 11 is 4.99. The van der Waals surface area contributed by atoms with Gasteiger partial charge in [0.1, 0.15) is 0 Å². The molecule has 0 bridgehead atoms. The third-order valence-corrected chi connectivity index (χ3v) is 5.36. The quantitative estimate of drug-likeness (QED) is 0.567. The first-order valence-corrected chi connectivity index (χ1v) is 9.56. The zero-order valence-electron chi connectivity index (χ0n) is 13.3. The molecule has 0 saturated carbocycles. The monoisotopic (exact) mass is 399 g/mol. The van der Waals surface area contributed by atoms with Crippen molar-refractivity contribution in [3.8, 4) is 0 Å². The molecule has 0 radical (unpaired) electrons. The fourth-order valence-corrected chi connectivity index (χ4v) is 3.54. The second kappa shape index (κ2) is 7.86. The molecular formula is C20H18BrNOS. The van der Waals surface area contributed by atoms with E-state index >= 15 is 0 Å². The molecule has 24 heavy (non-hydrogen) atoms. The van der Waals surface area contributed by atoms with E-state index in [9.17, 15) is 4.79 Å². The molecule has 3 rings (SSSR count). The Morgan fingerprint density at radius 2 is 1.75 bits per heavy atom. The molecule has 1 unspecified atom stereocenters. The zero-order chi connectivity index (χ0) is 16.9. The molecule has 0 aliphatic carbocycles. The van der Waals surface area contributed by atoms with E-state index in [0.717, 1.165) is 14.9 Å². The molecule has 1 atom stereocenters. The molecule has 2 nitrogen and oxygen atoms in total. The Labute approximate surface area is 154 Å². The summed E-state index contributed by atoms with van der Waals surface area (Å²) in [5, 5.41) is 5.47. The second-order valence-electron chi connectivity index (χ2n) is 5.64. The number of benzene rings is 3. The fourth-order valence-electron chi connectivity index (χ4n) is 2.52. The molecule has 0 saturated heterocycles. The highest BCUT2D eigenvalue weighted by Crippen LogP contribution is 2.24. The lowest BCUT2D eigenvalue weighted by Gasteiger charge is -2.14. The van der Waals surface area contributed by atoms with E-state index in [2.05, 4.69) is 51.6 Å². The molecule has 3 aromatic carbocycles. The first-order chi connectivity index (χ1) is 11.6. The Morgan fingerprint density at radius 3 is 2.50 bits per heavy atom. The van der Waals surface area contributed by atoms with E-state index in [1.165, 1.54) is 10.8 Å². The molecule has 0 spiro atoms. The van der Waals surface area contributed by atoms with Crippen molar-refractivity contribution in [3.05, 3.63) is 76.8 Å². The van der Waals surface area contributed by atoms with Crippen molar-refractivity contribution in [3.63, 3.8) is 0 Å². The van der Waals surface area contributed by atoms with Gasteiger partial charge in [0.2, 0.25) is 5.91 Å². The van der Waals surface area contributed by atoms with Crippen LogP contribution in [0.1, 0.15) is 18.5 Å². The lowest BCUT2D eigenvalue weighted by Crippen LogP contribution is -2.28. The first-order valence-electron chi connectivity index (χ1n) is 7.78. The van der Waals surface area contributed by atoms with Gasteiger partial charge >= 0.3 is 0 Å². The molecule has 0 fully saturated rings. The number of halogens is 1. The standard InChI is InChI=1S/C20H18BrNOS/c1-14(15-6-9-18(21)10-7-15)22-20(23)13-24-19-11-8-16-4-2-3-5-17(16)12-19/h2-12,14H,13H2,1H3,(H,22,23). The van der Waals surface area contributed by atoms with E-state index in [0.29, 0.717) is 5.75 Å². The van der Waals surface area contributed by atoms with Crippen LogP contribution in [-0.2, 0) is 4.79 Å². The normalized spacial score (nSPS) is 12.1. The second-order valence-corrected chi connectivity index (χ2v) is 7.60. The van der Waals surface area contributed by atoms with Crippen LogP contribution in [0.15, 0.2) is 76.1 Å². The average molecular weight is 400 g/mol. The van der Waals surface area contributed by atoms with Crippen LogP contribution in [0.3, 0.4) is 0 Å². The molecule has 3 aromatic rings. The molecular weight excluding hydrogens is 382 g/mol. The smallest absolute Gasteiger partial charge is 0.230 e. The average Bonchev–Trinajstić information content (AvgIpc) is 2.60. The maximum atomic E-state index is 12.2. The van der Waals surface area contributed by atoms with Crippen molar-refractivity contribution < 1.29 is 4.79 Å². The number of fused-ring (bicyclic) bond motifs is 1. The van der Waals surface area contributed by atoms with E-state index in [1.54, 1.807) is 11.8 Å². The Kier molecular flexibility index (Phi) is 5.59. The summed E-state index contributed by atoms with van der Waals surface area (Å²) in [6.07, 6.45) is 0. The largest absolute Gasteiger partial charge is 0.349 e. The highest BCUT2D eigenvalue weighted by Gasteiger charge is 2.10. The van der Waals surface area contributed by atoms with Crippen molar-refractivity contribution in [1.29, 1.82) is 0 Å². The number of carbonyl (C=O) groups excluding carboxylic acids is 1. The summed E-state index contributed by atoms with van der Waals surface area (Å²) < 4.78 is 1.04. The van der Waals surface area contributed by atoms with Crippen LogP contribution < -0.4 is 5.32 Å². The van der Waals surface area contributed by atoms with Gasteiger partial charge in [0.15, 0.2) is 0 Å². The van der Waals surface area contributed by atoms with Crippen molar-refractivity contribution in [2.24, 2.45) is 0 Å². The van der Waals surface area contributed by atoms with Gasteiger partial charge in [-0.2, -0.15) is 0 Å². The van der Waals surface area contributed by atoms with E-state index in [4.69, 9.17) is 0 Å². The minimum Gasteiger partial charge on any atom is -0.349 e. The Morgan fingerprint density at radius 1 is 1.04 bits per heavy atom. The molecule has 4 heteroatoms. The van der Waals surface area contributed by atoms with Crippen LogP contribution in [0.2, 0.25) is 0 Å². The number of carbonyl (C=O) groups is 1. The number of nitrogens with one attached hydrogen (secondary N) is 1. The number of amides is 1. The summed E-state index contributed by atoms with van der Waals surface area (Å²) in [6, 6.07) is 22.6. The van der Waals surface area contributed by atoms with Crippen LogP contribution >= 0.6 is 27.7 Å². The van der Waals surface area contributed by atoms with Crippen LogP contribution in [0.5, 0.6) is 0 Å². The Bertz CT molecular complexity index is 848. The fraction of sp³-hybridized carbons (Fsp3) is 0.150. The van der Waals surface area contributed by atoms with Gasteiger partial charge in [-0.05, 0) is 47.5 Å². The summed E-state index contributed by atoms with van der Waals surface area (Å²) in [5.41, 5.74) is 1.10. The van der Waals surface area contributed by atoms with E-state index < -0.39 is 0 Å². The van der Waals surface area contributed by atoms with Gasteiger partial charge in [0.05, 0.1) is 11.8 Å². The predicted octanol–water partition coefficient (Wildman–Crippen LogP) is 5.57. The number of hydrogen-bond donors (Lipinski definition) is 1. The molecule has 1 N–H and O–H groups in total. The lowest BCUT2D eigenvalue weighted by atomic mass is 10.1. The third-order valence-electron chi connectivity index (χ3n) is 3.84. The molecule has 0 aliphatic rings. The van der Waals surface area contributed by atoms with Crippen LogP contribution in [0.4, 0.5) is 0 Å². The summed E-state index contributed by atoms with van der Waals surface area (Å²) in [6.45, 7) is 2.00. The minimum atomic E-state index is 0.00260. The van der Waals surface area contributed by atoms with E-state index in [-0.39, 0.29) is 11.9 Å². The minimum absolute atomic E-state index is 0.00260. The molecule has 0 aliphatic heterocycles. The van der Waals surface area contributed by atoms with Gasteiger partial charge in [-0.1, -0.05) is 58.4 Å². The van der Waals surface area contributed by atoms with Gasteiger partial charge in [-0.15, -0.1) is 11.8 Å². The van der Waals surface area contributed by atoms with Crippen molar-refractivity contribution in [2.75, 3.05) is 5.75 Å². The lowest BCUT2D eigenvalue weighted by molar-refractivity contribution is -0.119. The van der Waals surface area contributed by atoms with Crippen molar-refractivity contribution in [2.45, 2.75) is 17.9 Å². The number of hydrogen-bond acceptors (Lipinski definition) is 2. The van der Waals surface area contributed by atoms with Crippen molar-refractivity contribution >= 4 is 44.4 Å². The third kappa shape index (κ3) is 4.40. The number of rotatable bonds is 5. The Hall–Kier alpha value is -1.78. The first kappa shape index (κ1) is 17.1. The summed E-state index contributed by atoms with van der Waals surface area (Å²) in [4.78, 5) is 13.3. The Balaban J connectivity index is 1.57. The summed E-state index contributed by atoms with van der Waals surface area (Å²) in [7, 11) is 0. The molecule has 0 aromatic heterocycles. The van der Waals surface area contributed by atoms with Crippen molar-refractivity contribution in [1.82, 2.24) is 5.32 Å². The van der Waals surface area contributed by atoms with Gasteiger partial charge in [-0.25, -0.2) is 0 Å². The van der Waals surface area contributed by atoms with Gasteiger partial charge in [0.25, 0.3) is 0 Å². The maximum absolute atomic E-state index is 12.2. The number of thioether (sulfide) groups is 1. The molecule has 1 amide bonds. The zero-order valence-corrected chi connectivity index (χ0v) is 15.7. The van der Waals surface area contributed by atoms with Crippen LogP contribution in [-0.4, -0.2) is 11.7 Å². The topological polar surface area (TPSA) is 29.1 Å². The van der Waals surface area contributed by atoms with Gasteiger partial charge in [-0.3, -0.25) is 4.79 Å². The molecule has 0 heterocycles. The van der Waals surface area contributed by atoms with E-state index in [1.807, 2.05) is 43.3 Å². The highest BCUT2D eigenvalue weighted by molar-refractivity contribution is 9.10. The van der Waals surface area contributed by atoms with Gasteiger partial charge < -0.3 is 5.32 Å². The predicted molar refractivity (Wildman–Crippen MR) is 105 cm³/mol. The highest BCUT2D eigenvalue weighted by atomic mass is 79.9. The van der Waals surface area contributed by atoms with Crippen LogP contribution in [0, 0.1) is 0 Å².